The molecule has 0 aliphatic carbocycles. The number of nitrogens with one attached hydrogen (secondary N) is 1. The van der Waals surface area contributed by atoms with Crippen molar-refractivity contribution in [2.24, 2.45) is 0 Å². The van der Waals surface area contributed by atoms with Crippen molar-refractivity contribution < 1.29 is 9.53 Å². The molecule has 0 aromatic heterocycles. The summed E-state index contributed by atoms with van der Waals surface area (Å²) in [4.78, 5) is 11.0. The van der Waals surface area contributed by atoms with Crippen LogP contribution in [0.3, 0.4) is 0 Å². The van der Waals surface area contributed by atoms with Gasteiger partial charge in [-0.25, -0.2) is 4.79 Å². The lowest BCUT2D eigenvalue weighted by Gasteiger charge is -2.05. The smallest absolute Gasteiger partial charge is 0.347 e. The number of ether oxygens (including phenoxy) is 1. The zero-order chi connectivity index (χ0) is 10.8. The fraction of sp³-hybridized carbons (Fsp3) is 0.100. The second kappa shape index (κ2) is 4.24. The normalized spacial score (nSPS) is 15.5. The fourth-order valence-corrected chi connectivity index (χ4v) is 1.74. The minimum atomic E-state index is -0.348. The maximum atomic E-state index is 11.0. The molecule has 0 spiro atoms. The molecule has 1 aliphatic rings. The van der Waals surface area contributed by atoms with Crippen molar-refractivity contribution in [2.45, 2.75) is 0 Å². The molecule has 0 fully saturated rings. The predicted molar refractivity (Wildman–Crippen MR) is 62.0 cm³/mol. The van der Waals surface area contributed by atoms with E-state index in [-0.39, 0.29) is 12.6 Å². The van der Waals surface area contributed by atoms with Crippen LogP contribution in [0, 0.1) is 0 Å². The highest BCUT2D eigenvalue weighted by Crippen LogP contribution is 2.24. The summed E-state index contributed by atoms with van der Waals surface area (Å²) in [5.74, 6) is -0.348. The van der Waals surface area contributed by atoms with Crippen molar-refractivity contribution in [1.29, 1.82) is 0 Å². The van der Waals surface area contributed by atoms with Crippen LogP contribution in [-0.4, -0.2) is 12.6 Å². The molecule has 2 rings (SSSR count). The maximum absolute atomic E-state index is 11.0. The summed E-state index contributed by atoms with van der Waals surface area (Å²) in [5, 5.41) is 3.71. The molecular formula is C10H7BrClNO2. The van der Waals surface area contributed by atoms with E-state index < -0.39 is 0 Å². The van der Waals surface area contributed by atoms with Gasteiger partial charge >= 0.3 is 5.97 Å². The highest BCUT2D eigenvalue weighted by atomic mass is 79.9. The van der Waals surface area contributed by atoms with E-state index in [1.165, 1.54) is 0 Å². The van der Waals surface area contributed by atoms with E-state index in [4.69, 9.17) is 16.3 Å². The van der Waals surface area contributed by atoms with Crippen molar-refractivity contribution in [3.63, 3.8) is 0 Å². The number of carbonyl (C=O) groups excluding carboxylic acids is 1. The molecule has 0 radical (unpaired) electrons. The maximum Gasteiger partial charge on any atom is 0.347 e. The zero-order valence-corrected chi connectivity index (χ0v) is 9.93. The van der Waals surface area contributed by atoms with Gasteiger partial charge in [-0.05, 0) is 34.1 Å². The third-order valence-electron chi connectivity index (χ3n) is 1.91. The third kappa shape index (κ3) is 2.33. The summed E-state index contributed by atoms with van der Waals surface area (Å²) in [5.41, 5.74) is 1.54. The number of benzene rings is 1. The molecule has 1 aliphatic heterocycles. The van der Waals surface area contributed by atoms with Crippen LogP contribution < -0.4 is 5.32 Å². The number of hydrogen-bond acceptors (Lipinski definition) is 3. The minimum absolute atomic E-state index is 0.256. The number of cyclic esters (lactones) is 1. The standard InChI is InChI=1S/C10H7BrClNO2/c11-9-8(5-15-10(9)14)13-7-3-1-2-6(12)4-7/h1-4,13H,5H2. The average Bonchev–Trinajstić information content (AvgIpc) is 2.50. The molecule has 0 bridgehead atoms. The number of carbonyl (C=O) groups is 1. The Balaban J connectivity index is 2.19. The largest absolute Gasteiger partial charge is 0.455 e. The first-order chi connectivity index (χ1) is 7.16. The number of halogens is 2. The van der Waals surface area contributed by atoms with E-state index in [0.29, 0.717) is 15.2 Å². The SMILES string of the molecule is O=C1OCC(Nc2cccc(Cl)c2)=C1Br. The molecule has 0 saturated carbocycles. The van der Waals surface area contributed by atoms with Crippen molar-refractivity contribution in [1.82, 2.24) is 0 Å². The van der Waals surface area contributed by atoms with Crippen LogP contribution >= 0.6 is 27.5 Å². The van der Waals surface area contributed by atoms with Crippen LogP contribution in [0.2, 0.25) is 5.02 Å². The van der Waals surface area contributed by atoms with Gasteiger partial charge in [0.25, 0.3) is 0 Å². The van der Waals surface area contributed by atoms with Gasteiger partial charge in [0.1, 0.15) is 11.1 Å². The van der Waals surface area contributed by atoms with Crippen LogP contribution in [-0.2, 0) is 9.53 Å². The molecule has 3 nitrogen and oxygen atoms in total. The molecule has 1 heterocycles. The van der Waals surface area contributed by atoms with Crippen molar-refractivity contribution in [3.8, 4) is 0 Å². The number of esters is 1. The van der Waals surface area contributed by atoms with E-state index in [1.807, 2.05) is 12.1 Å². The summed E-state index contributed by atoms with van der Waals surface area (Å²) in [6.07, 6.45) is 0. The van der Waals surface area contributed by atoms with E-state index >= 15 is 0 Å². The van der Waals surface area contributed by atoms with Crippen LogP contribution in [0.1, 0.15) is 0 Å². The van der Waals surface area contributed by atoms with Gasteiger partial charge in [-0.1, -0.05) is 17.7 Å². The second-order valence-electron chi connectivity index (χ2n) is 3.00. The number of hydrogen-bond donors (Lipinski definition) is 1. The van der Waals surface area contributed by atoms with Gasteiger partial charge in [-0.15, -0.1) is 0 Å². The Kier molecular flexibility index (Phi) is 2.98. The van der Waals surface area contributed by atoms with Gasteiger partial charge in [0.2, 0.25) is 0 Å². The molecule has 5 heteroatoms. The van der Waals surface area contributed by atoms with Crippen molar-refractivity contribution >= 4 is 39.2 Å². The molecule has 0 amide bonds. The van der Waals surface area contributed by atoms with E-state index in [0.717, 1.165) is 5.69 Å². The predicted octanol–water partition coefficient (Wildman–Crippen LogP) is 2.92. The lowest BCUT2D eigenvalue weighted by atomic mass is 10.3. The molecular weight excluding hydrogens is 281 g/mol. The summed E-state index contributed by atoms with van der Waals surface area (Å²) in [6.45, 7) is 0.256. The molecule has 15 heavy (non-hydrogen) atoms. The van der Waals surface area contributed by atoms with E-state index in [2.05, 4.69) is 21.2 Å². The molecule has 0 unspecified atom stereocenters. The highest BCUT2D eigenvalue weighted by molar-refractivity contribution is 9.12. The first kappa shape index (κ1) is 10.5. The lowest BCUT2D eigenvalue weighted by Crippen LogP contribution is -2.01. The van der Waals surface area contributed by atoms with Crippen LogP contribution in [0.25, 0.3) is 0 Å². The number of anilines is 1. The van der Waals surface area contributed by atoms with Crippen molar-refractivity contribution in [2.75, 3.05) is 11.9 Å². The monoisotopic (exact) mass is 287 g/mol. The average molecular weight is 289 g/mol. The Hall–Kier alpha value is -1.000. The van der Waals surface area contributed by atoms with E-state index in [1.54, 1.807) is 12.1 Å². The third-order valence-corrected chi connectivity index (χ3v) is 2.95. The summed E-state index contributed by atoms with van der Waals surface area (Å²) >= 11 is 8.99. The Bertz CT molecular complexity index is 445. The zero-order valence-electron chi connectivity index (χ0n) is 7.59. The summed E-state index contributed by atoms with van der Waals surface area (Å²) < 4.78 is 5.26. The highest BCUT2D eigenvalue weighted by Gasteiger charge is 2.22. The Morgan fingerprint density at radius 2 is 2.27 bits per heavy atom. The number of rotatable bonds is 2. The first-order valence-electron chi connectivity index (χ1n) is 4.25. The van der Waals surface area contributed by atoms with Crippen LogP contribution in [0.4, 0.5) is 5.69 Å². The Labute approximate surface area is 100 Å². The van der Waals surface area contributed by atoms with Gasteiger partial charge in [-0.2, -0.15) is 0 Å². The molecule has 0 saturated heterocycles. The second-order valence-corrected chi connectivity index (χ2v) is 4.23. The summed E-state index contributed by atoms with van der Waals surface area (Å²) in [7, 11) is 0. The first-order valence-corrected chi connectivity index (χ1v) is 5.42. The van der Waals surface area contributed by atoms with Crippen LogP contribution in [0.15, 0.2) is 34.4 Å². The summed E-state index contributed by atoms with van der Waals surface area (Å²) in [6, 6.07) is 7.25. The molecule has 1 aromatic rings. The van der Waals surface area contributed by atoms with Gasteiger partial charge in [0.15, 0.2) is 0 Å². The fourth-order valence-electron chi connectivity index (χ4n) is 1.22. The van der Waals surface area contributed by atoms with Gasteiger partial charge in [-0.3, -0.25) is 0 Å². The Morgan fingerprint density at radius 3 is 2.87 bits per heavy atom. The molecule has 0 atom stereocenters. The van der Waals surface area contributed by atoms with Crippen LogP contribution in [0.5, 0.6) is 0 Å². The quantitative estimate of drug-likeness (QED) is 0.850. The Morgan fingerprint density at radius 1 is 1.47 bits per heavy atom. The van der Waals surface area contributed by atoms with Gasteiger partial charge < -0.3 is 10.1 Å². The molecule has 1 aromatic carbocycles. The van der Waals surface area contributed by atoms with Gasteiger partial charge in [0.05, 0.1) is 5.70 Å². The lowest BCUT2D eigenvalue weighted by molar-refractivity contribution is -0.135. The topological polar surface area (TPSA) is 38.3 Å². The molecule has 1 N–H and O–H groups in total. The molecule has 78 valence electrons. The minimum Gasteiger partial charge on any atom is -0.455 e. The van der Waals surface area contributed by atoms with Crippen molar-refractivity contribution in [3.05, 3.63) is 39.5 Å². The van der Waals surface area contributed by atoms with E-state index in [9.17, 15) is 4.79 Å². The van der Waals surface area contributed by atoms with Gasteiger partial charge in [0, 0.05) is 10.7 Å².